The predicted octanol–water partition coefficient (Wildman–Crippen LogP) is 1.27. The Hall–Kier alpha value is -1.88. The van der Waals surface area contributed by atoms with Crippen LogP contribution in [0.4, 0.5) is 5.69 Å². The lowest BCUT2D eigenvalue weighted by molar-refractivity contribution is -0.137. The zero-order valence-electron chi connectivity index (χ0n) is 11.5. The van der Waals surface area contributed by atoms with Gasteiger partial charge in [0.2, 0.25) is 5.91 Å². The lowest BCUT2D eigenvalue weighted by Crippen LogP contribution is -2.41. The number of carbonyl (C=O) groups is 2. The molecule has 0 spiro atoms. The van der Waals surface area contributed by atoms with Crippen molar-refractivity contribution in [1.29, 1.82) is 0 Å². The first-order chi connectivity index (χ1) is 8.95. The molecule has 0 saturated carbocycles. The number of carboxylic acids is 1. The molecule has 5 nitrogen and oxygen atoms in total. The fraction of sp³-hybridized carbons (Fsp3) is 0.429. The molecule has 2 N–H and O–H groups in total. The van der Waals surface area contributed by atoms with Crippen molar-refractivity contribution in [3.8, 4) is 0 Å². The minimum Gasteiger partial charge on any atom is -0.480 e. The first-order valence-electron chi connectivity index (χ1n) is 6.20. The maximum absolute atomic E-state index is 12.3. The molecule has 1 unspecified atom stereocenters. The number of anilines is 1. The Labute approximate surface area is 113 Å². The van der Waals surface area contributed by atoms with Gasteiger partial charge >= 0.3 is 5.97 Å². The number of amides is 1. The number of carboxylic acid groups (broad SMARTS) is 1. The molecule has 19 heavy (non-hydrogen) atoms. The largest absolute Gasteiger partial charge is 0.480 e. The third-order valence-corrected chi connectivity index (χ3v) is 2.84. The summed E-state index contributed by atoms with van der Waals surface area (Å²) in [4.78, 5) is 24.5. The number of aryl methyl sites for hydroxylation is 1. The predicted molar refractivity (Wildman–Crippen MR) is 74.3 cm³/mol. The van der Waals surface area contributed by atoms with Gasteiger partial charge in [-0.3, -0.25) is 9.59 Å². The van der Waals surface area contributed by atoms with Crippen LogP contribution in [0.2, 0.25) is 0 Å². The van der Waals surface area contributed by atoms with Gasteiger partial charge < -0.3 is 15.3 Å². The van der Waals surface area contributed by atoms with Crippen molar-refractivity contribution < 1.29 is 14.7 Å². The van der Waals surface area contributed by atoms with E-state index in [0.717, 1.165) is 5.56 Å². The second kappa shape index (κ2) is 6.89. The van der Waals surface area contributed by atoms with E-state index in [1.807, 2.05) is 19.1 Å². The molecule has 0 aromatic heterocycles. The third kappa shape index (κ3) is 4.37. The van der Waals surface area contributed by atoms with Crippen LogP contribution in [0.3, 0.4) is 0 Å². The SMILES string of the molecule is CNCC(C)C(=O)N(CC(=O)O)c1ccc(C)cc1. The summed E-state index contributed by atoms with van der Waals surface area (Å²) in [5.41, 5.74) is 1.68. The van der Waals surface area contributed by atoms with Crippen molar-refractivity contribution >= 4 is 17.6 Å². The highest BCUT2D eigenvalue weighted by Gasteiger charge is 2.23. The van der Waals surface area contributed by atoms with E-state index in [2.05, 4.69) is 5.32 Å². The van der Waals surface area contributed by atoms with E-state index in [1.165, 1.54) is 4.90 Å². The normalized spacial score (nSPS) is 11.9. The van der Waals surface area contributed by atoms with E-state index in [0.29, 0.717) is 12.2 Å². The summed E-state index contributed by atoms with van der Waals surface area (Å²) >= 11 is 0. The van der Waals surface area contributed by atoms with Crippen LogP contribution in [0.5, 0.6) is 0 Å². The number of hydrogen-bond donors (Lipinski definition) is 2. The molecule has 5 heteroatoms. The molecule has 104 valence electrons. The molecule has 0 fully saturated rings. The fourth-order valence-electron chi connectivity index (χ4n) is 1.82. The lowest BCUT2D eigenvalue weighted by Gasteiger charge is -2.24. The van der Waals surface area contributed by atoms with Gasteiger partial charge in [-0.2, -0.15) is 0 Å². The topological polar surface area (TPSA) is 69.6 Å². The van der Waals surface area contributed by atoms with Crippen LogP contribution in [0, 0.1) is 12.8 Å². The minimum atomic E-state index is -1.02. The van der Waals surface area contributed by atoms with E-state index in [1.54, 1.807) is 26.1 Å². The smallest absolute Gasteiger partial charge is 0.323 e. The molecule has 1 atom stereocenters. The third-order valence-electron chi connectivity index (χ3n) is 2.84. The summed E-state index contributed by atoms with van der Waals surface area (Å²) in [5, 5.41) is 11.9. The molecule has 0 heterocycles. The van der Waals surface area contributed by atoms with Crippen LogP contribution < -0.4 is 10.2 Å². The highest BCUT2D eigenvalue weighted by atomic mass is 16.4. The van der Waals surface area contributed by atoms with Gasteiger partial charge in [0.15, 0.2) is 0 Å². The van der Waals surface area contributed by atoms with Crippen molar-refractivity contribution in [2.45, 2.75) is 13.8 Å². The molecular formula is C14H20N2O3. The van der Waals surface area contributed by atoms with Crippen molar-refractivity contribution in [3.05, 3.63) is 29.8 Å². The van der Waals surface area contributed by atoms with Crippen molar-refractivity contribution in [2.24, 2.45) is 5.92 Å². The Morgan fingerprint density at radius 2 is 1.89 bits per heavy atom. The van der Waals surface area contributed by atoms with Crippen LogP contribution >= 0.6 is 0 Å². The Morgan fingerprint density at radius 1 is 1.32 bits per heavy atom. The van der Waals surface area contributed by atoms with E-state index < -0.39 is 5.97 Å². The summed E-state index contributed by atoms with van der Waals surface area (Å²) in [7, 11) is 1.76. The highest BCUT2D eigenvalue weighted by molar-refractivity contribution is 5.98. The maximum Gasteiger partial charge on any atom is 0.323 e. The number of hydrogen-bond acceptors (Lipinski definition) is 3. The van der Waals surface area contributed by atoms with Crippen LogP contribution in [0.15, 0.2) is 24.3 Å². The van der Waals surface area contributed by atoms with Gasteiger partial charge in [0.1, 0.15) is 6.54 Å². The summed E-state index contributed by atoms with van der Waals surface area (Å²) < 4.78 is 0. The highest BCUT2D eigenvalue weighted by Crippen LogP contribution is 2.17. The van der Waals surface area contributed by atoms with E-state index in [4.69, 9.17) is 5.11 Å². The van der Waals surface area contributed by atoms with Gasteiger partial charge in [-0.15, -0.1) is 0 Å². The van der Waals surface area contributed by atoms with Gasteiger partial charge in [0.05, 0.1) is 0 Å². The molecule has 1 aromatic carbocycles. The van der Waals surface area contributed by atoms with Crippen molar-refractivity contribution in [2.75, 3.05) is 25.0 Å². The van der Waals surface area contributed by atoms with Crippen molar-refractivity contribution in [3.63, 3.8) is 0 Å². The number of nitrogens with zero attached hydrogens (tertiary/aromatic N) is 1. The van der Waals surface area contributed by atoms with E-state index in [-0.39, 0.29) is 18.4 Å². The number of aliphatic carboxylic acids is 1. The molecule has 0 aliphatic carbocycles. The number of nitrogens with one attached hydrogen (secondary N) is 1. The van der Waals surface area contributed by atoms with Crippen LogP contribution in [-0.4, -0.2) is 37.1 Å². The molecular weight excluding hydrogens is 244 g/mol. The zero-order chi connectivity index (χ0) is 14.4. The summed E-state index contributed by atoms with van der Waals surface area (Å²) in [6.45, 7) is 3.91. The average Bonchev–Trinajstić information content (AvgIpc) is 2.36. The van der Waals surface area contributed by atoms with E-state index >= 15 is 0 Å². The molecule has 0 radical (unpaired) electrons. The maximum atomic E-state index is 12.3. The summed E-state index contributed by atoms with van der Waals surface area (Å²) in [6, 6.07) is 7.25. The fourth-order valence-corrected chi connectivity index (χ4v) is 1.82. The molecule has 1 amide bonds. The molecule has 1 aromatic rings. The molecule has 0 saturated heterocycles. The van der Waals surface area contributed by atoms with Crippen LogP contribution in [0.25, 0.3) is 0 Å². The number of carbonyl (C=O) groups excluding carboxylic acids is 1. The summed E-state index contributed by atoms with van der Waals surface area (Å²) in [6.07, 6.45) is 0. The van der Waals surface area contributed by atoms with Crippen LogP contribution in [0.1, 0.15) is 12.5 Å². The molecule has 0 aliphatic heterocycles. The van der Waals surface area contributed by atoms with Gasteiger partial charge in [-0.1, -0.05) is 24.6 Å². The zero-order valence-corrected chi connectivity index (χ0v) is 11.5. The molecule has 0 aliphatic rings. The molecule has 1 rings (SSSR count). The van der Waals surface area contributed by atoms with Gasteiger partial charge in [-0.05, 0) is 26.1 Å². The first kappa shape index (κ1) is 15.2. The second-order valence-electron chi connectivity index (χ2n) is 4.61. The van der Waals surface area contributed by atoms with Gasteiger partial charge in [0.25, 0.3) is 0 Å². The monoisotopic (exact) mass is 264 g/mol. The minimum absolute atomic E-state index is 0.194. The number of rotatable bonds is 6. The van der Waals surface area contributed by atoms with Gasteiger partial charge in [-0.25, -0.2) is 0 Å². The second-order valence-corrected chi connectivity index (χ2v) is 4.61. The number of benzene rings is 1. The van der Waals surface area contributed by atoms with Crippen molar-refractivity contribution in [1.82, 2.24) is 5.32 Å². The van der Waals surface area contributed by atoms with Gasteiger partial charge in [0, 0.05) is 18.2 Å². The lowest BCUT2D eigenvalue weighted by atomic mass is 10.1. The Bertz CT molecular complexity index is 443. The quantitative estimate of drug-likeness (QED) is 0.811. The Balaban J connectivity index is 2.97. The Morgan fingerprint density at radius 3 is 2.37 bits per heavy atom. The molecule has 0 bridgehead atoms. The van der Waals surface area contributed by atoms with Crippen LogP contribution in [-0.2, 0) is 9.59 Å². The Kier molecular flexibility index (Phi) is 5.51. The average molecular weight is 264 g/mol. The summed E-state index contributed by atoms with van der Waals surface area (Å²) in [5.74, 6) is -1.49. The van der Waals surface area contributed by atoms with E-state index in [9.17, 15) is 9.59 Å². The standard InChI is InChI=1S/C14H20N2O3/c1-10-4-6-12(7-5-10)16(9-13(17)18)14(19)11(2)8-15-3/h4-7,11,15H,8-9H2,1-3H3,(H,17,18). The first-order valence-corrected chi connectivity index (χ1v) is 6.20.